The Morgan fingerprint density at radius 2 is 1.93 bits per heavy atom. The van der Waals surface area contributed by atoms with Gasteiger partial charge in [-0.2, -0.15) is 13.1 Å². The molecular formula is C8H9ClN2O2S. The molecule has 1 aromatic carbocycles. The zero-order valence-corrected chi connectivity index (χ0v) is 8.85. The molecule has 6 heteroatoms. The predicted molar refractivity (Wildman–Crippen MR) is 55.7 cm³/mol. The summed E-state index contributed by atoms with van der Waals surface area (Å²) in [6.07, 6.45) is 0. The van der Waals surface area contributed by atoms with Crippen LogP contribution in [0.15, 0.2) is 24.3 Å². The lowest BCUT2D eigenvalue weighted by Crippen LogP contribution is -2.29. The van der Waals surface area contributed by atoms with E-state index in [1.54, 1.807) is 24.3 Å². The molecule has 1 heterocycles. The van der Waals surface area contributed by atoms with E-state index in [1.165, 1.54) is 4.31 Å². The lowest BCUT2D eigenvalue weighted by molar-refractivity contribution is 0.592. The van der Waals surface area contributed by atoms with Crippen LogP contribution in [0.2, 0.25) is 5.02 Å². The van der Waals surface area contributed by atoms with Crippen molar-refractivity contribution in [2.75, 3.05) is 17.4 Å². The lowest BCUT2D eigenvalue weighted by atomic mass is 10.3. The van der Waals surface area contributed by atoms with Crippen molar-refractivity contribution in [3.63, 3.8) is 0 Å². The van der Waals surface area contributed by atoms with Crippen LogP contribution in [0.5, 0.6) is 0 Å². The van der Waals surface area contributed by atoms with Crippen LogP contribution in [0, 0.1) is 0 Å². The van der Waals surface area contributed by atoms with Gasteiger partial charge in [0, 0.05) is 18.1 Å². The first-order valence-corrected chi connectivity index (χ1v) is 5.94. The fourth-order valence-corrected chi connectivity index (χ4v) is 2.71. The van der Waals surface area contributed by atoms with Gasteiger partial charge in [-0.05, 0) is 24.3 Å². The van der Waals surface area contributed by atoms with Gasteiger partial charge in [-0.3, -0.25) is 4.31 Å². The Kier molecular flexibility index (Phi) is 2.38. The van der Waals surface area contributed by atoms with E-state index in [9.17, 15) is 8.42 Å². The van der Waals surface area contributed by atoms with Crippen molar-refractivity contribution in [1.29, 1.82) is 0 Å². The summed E-state index contributed by atoms with van der Waals surface area (Å²) >= 11 is 5.71. The molecule has 0 spiro atoms. The van der Waals surface area contributed by atoms with E-state index in [-0.39, 0.29) is 0 Å². The third-order valence-electron chi connectivity index (χ3n) is 2.00. The third-order valence-corrected chi connectivity index (χ3v) is 3.80. The van der Waals surface area contributed by atoms with Gasteiger partial charge in [0.15, 0.2) is 0 Å². The minimum absolute atomic E-state index is 0.449. The Balaban J connectivity index is 2.36. The summed E-state index contributed by atoms with van der Waals surface area (Å²) in [7, 11) is -3.31. The normalized spacial score (nSPS) is 19.9. The SMILES string of the molecule is O=S1(=O)NCCN1c1ccc(Cl)cc1. The Bertz CT molecular complexity index is 429. The van der Waals surface area contributed by atoms with Crippen molar-refractivity contribution in [2.24, 2.45) is 0 Å². The zero-order chi connectivity index (χ0) is 10.2. The van der Waals surface area contributed by atoms with Gasteiger partial charge in [0.2, 0.25) is 0 Å². The minimum Gasteiger partial charge on any atom is -0.257 e. The van der Waals surface area contributed by atoms with Gasteiger partial charge in [0.05, 0.1) is 5.69 Å². The summed E-state index contributed by atoms with van der Waals surface area (Å²) in [5, 5.41) is 0.596. The van der Waals surface area contributed by atoms with Gasteiger partial charge >= 0.3 is 10.2 Å². The monoisotopic (exact) mass is 232 g/mol. The number of benzene rings is 1. The molecule has 0 bridgehead atoms. The number of halogens is 1. The van der Waals surface area contributed by atoms with E-state index >= 15 is 0 Å². The van der Waals surface area contributed by atoms with Crippen LogP contribution in [0.25, 0.3) is 0 Å². The summed E-state index contributed by atoms with van der Waals surface area (Å²) in [5.74, 6) is 0. The first kappa shape index (κ1) is 9.76. The second kappa shape index (κ2) is 3.42. The molecule has 0 amide bonds. The van der Waals surface area contributed by atoms with Crippen LogP contribution in [-0.4, -0.2) is 21.5 Å². The zero-order valence-electron chi connectivity index (χ0n) is 7.27. The molecular weight excluding hydrogens is 224 g/mol. The van der Waals surface area contributed by atoms with Gasteiger partial charge in [-0.1, -0.05) is 11.6 Å². The highest BCUT2D eigenvalue weighted by Gasteiger charge is 2.27. The van der Waals surface area contributed by atoms with Gasteiger partial charge in [0.1, 0.15) is 0 Å². The molecule has 0 saturated carbocycles. The largest absolute Gasteiger partial charge is 0.301 e. The average Bonchev–Trinajstić information content (AvgIpc) is 2.47. The molecule has 1 fully saturated rings. The van der Waals surface area contributed by atoms with Crippen molar-refractivity contribution in [3.05, 3.63) is 29.3 Å². The van der Waals surface area contributed by atoms with Crippen LogP contribution in [-0.2, 0) is 10.2 Å². The maximum absolute atomic E-state index is 11.4. The molecule has 1 aliphatic heterocycles. The highest BCUT2D eigenvalue weighted by Crippen LogP contribution is 2.21. The minimum atomic E-state index is -3.31. The first-order chi connectivity index (χ1) is 6.59. The van der Waals surface area contributed by atoms with Crippen LogP contribution >= 0.6 is 11.6 Å². The maximum atomic E-state index is 11.4. The quantitative estimate of drug-likeness (QED) is 0.785. The molecule has 14 heavy (non-hydrogen) atoms. The molecule has 76 valence electrons. The second-order valence-corrected chi connectivity index (χ2v) is 5.06. The standard InChI is InChI=1S/C8H9ClN2O2S/c9-7-1-3-8(4-2-7)11-6-5-10-14(11,12)13/h1-4,10H,5-6H2. The predicted octanol–water partition coefficient (Wildman–Crippen LogP) is 0.994. The van der Waals surface area contributed by atoms with Crippen molar-refractivity contribution in [2.45, 2.75) is 0 Å². The highest BCUT2D eigenvalue weighted by atomic mass is 35.5. The number of anilines is 1. The topological polar surface area (TPSA) is 49.4 Å². The number of nitrogens with zero attached hydrogens (tertiary/aromatic N) is 1. The molecule has 1 N–H and O–H groups in total. The molecule has 0 atom stereocenters. The van der Waals surface area contributed by atoms with E-state index in [0.717, 1.165) is 0 Å². The van der Waals surface area contributed by atoms with Crippen molar-refractivity contribution < 1.29 is 8.42 Å². The van der Waals surface area contributed by atoms with Crippen molar-refractivity contribution in [1.82, 2.24) is 4.72 Å². The number of nitrogens with one attached hydrogen (secondary N) is 1. The van der Waals surface area contributed by atoms with Crippen LogP contribution < -0.4 is 9.03 Å². The van der Waals surface area contributed by atoms with Crippen molar-refractivity contribution in [3.8, 4) is 0 Å². The number of hydrogen-bond donors (Lipinski definition) is 1. The molecule has 1 aromatic rings. The number of rotatable bonds is 1. The Morgan fingerprint density at radius 1 is 1.29 bits per heavy atom. The van der Waals surface area contributed by atoms with Crippen LogP contribution in [0.3, 0.4) is 0 Å². The molecule has 4 nitrogen and oxygen atoms in total. The smallest absolute Gasteiger partial charge is 0.257 e. The molecule has 0 radical (unpaired) electrons. The molecule has 2 rings (SSSR count). The van der Waals surface area contributed by atoms with Gasteiger partial charge in [0.25, 0.3) is 0 Å². The van der Waals surface area contributed by atoms with E-state index in [0.29, 0.717) is 23.8 Å². The fraction of sp³-hybridized carbons (Fsp3) is 0.250. The third kappa shape index (κ3) is 1.70. The Labute approximate surface area is 87.7 Å². The molecule has 0 aromatic heterocycles. The number of hydrogen-bond acceptors (Lipinski definition) is 2. The molecule has 1 saturated heterocycles. The summed E-state index contributed by atoms with van der Waals surface area (Å²) < 4.78 is 26.6. The molecule has 1 aliphatic rings. The lowest BCUT2D eigenvalue weighted by Gasteiger charge is -2.15. The van der Waals surface area contributed by atoms with Crippen LogP contribution in [0.1, 0.15) is 0 Å². The van der Waals surface area contributed by atoms with Crippen molar-refractivity contribution >= 4 is 27.5 Å². The molecule has 0 aliphatic carbocycles. The summed E-state index contributed by atoms with van der Waals surface area (Å²) in [4.78, 5) is 0. The van der Waals surface area contributed by atoms with E-state index < -0.39 is 10.2 Å². The van der Waals surface area contributed by atoms with Gasteiger partial charge in [-0.15, -0.1) is 0 Å². The summed E-state index contributed by atoms with van der Waals surface area (Å²) in [6.45, 7) is 0.912. The summed E-state index contributed by atoms with van der Waals surface area (Å²) in [6, 6.07) is 6.72. The average molecular weight is 233 g/mol. The Hall–Kier alpha value is -0.780. The van der Waals surface area contributed by atoms with E-state index in [2.05, 4.69) is 4.72 Å². The molecule has 0 unspecified atom stereocenters. The van der Waals surface area contributed by atoms with E-state index in [4.69, 9.17) is 11.6 Å². The summed E-state index contributed by atoms with van der Waals surface area (Å²) in [5.41, 5.74) is 0.638. The van der Waals surface area contributed by atoms with E-state index in [1.807, 2.05) is 0 Å². The maximum Gasteiger partial charge on any atom is 0.301 e. The van der Waals surface area contributed by atoms with Crippen LogP contribution in [0.4, 0.5) is 5.69 Å². The fourth-order valence-electron chi connectivity index (χ4n) is 1.35. The van der Waals surface area contributed by atoms with Gasteiger partial charge < -0.3 is 0 Å². The van der Waals surface area contributed by atoms with Gasteiger partial charge in [-0.25, -0.2) is 0 Å². The first-order valence-electron chi connectivity index (χ1n) is 4.12. The Morgan fingerprint density at radius 3 is 2.43 bits per heavy atom. The second-order valence-electron chi connectivity index (χ2n) is 2.95. The highest BCUT2D eigenvalue weighted by molar-refractivity contribution is 7.91.